The third kappa shape index (κ3) is 2.84. The fraction of sp³-hybridized carbons (Fsp3) is 1.00. The maximum atomic E-state index is 5.96. The Hall–Kier alpha value is -0.240. The quantitative estimate of drug-likeness (QED) is 0.707. The van der Waals surface area contributed by atoms with Gasteiger partial charge in [0.2, 0.25) is 11.6 Å². The van der Waals surface area contributed by atoms with Crippen molar-refractivity contribution < 1.29 is 28.4 Å². The van der Waals surface area contributed by atoms with E-state index in [0.29, 0.717) is 13.2 Å². The van der Waals surface area contributed by atoms with Crippen LogP contribution in [0.3, 0.4) is 0 Å². The highest BCUT2D eigenvalue weighted by Crippen LogP contribution is 2.39. The second-order valence-corrected chi connectivity index (χ2v) is 4.52. The molecule has 6 nitrogen and oxygen atoms in total. The van der Waals surface area contributed by atoms with E-state index in [-0.39, 0.29) is 12.2 Å². The minimum absolute atomic E-state index is 0.275. The van der Waals surface area contributed by atoms with E-state index in [0.717, 1.165) is 0 Å². The number of hydrogen-bond donors (Lipinski definition) is 0. The molecule has 0 amide bonds. The summed E-state index contributed by atoms with van der Waals surface area (Å²) in [7, 11) is 6.34. The molecule has 0 aromatic rings. The van der Waals surface area contributed by atoms with Gasteiger partial charge < -0.3 is 28.4 Å². The van der Waals surface area contributed by atoms with Gasteiger partial charge in [-0.2, -0.15) is 0 Å². The Kier molecular flexibility index (Phi) is 5.51. The van der Waals surface area contributed by atoms with Crippen molar-refractivity contribution in [3.05, 3.63) is 0 Å². The molecule has 0 aromatic carbocycles. The highest BCUT2D eigenvalue weighted by atomic mass is 16.8. The van der Waals surface area contributed by atoms with Crippen molar-refractivity contribution in [3.63, 3.8) is 0 Å². The molecule has 1 aliphatic rings. The van der Waals surface area contributed by atoms with E-state index < -0.39 is 11.6 Å². The van der Waals surface area contributed by atoms with Gasteiger partial charge in [-0.05, 0) is 13.8 Å². The summed E-state index contributed by atoms with van der Waals surface area (Å²) in [4.78, 5) is 0. The summed E-state index contributed by atoms with van der Waals surface area (Å²) < 4.78 is 33.0. The van der Waals surface area contributed by atoms with Gasteiger partial charge in [0.15, 0.2) is 0 Å². The van der Waals surface area contributed by atoms with Crippen LogP contribution in [0, 0.1) is 0 Å². The van der Waals surface area contributed by atoms with Gasteiger partial charge in [0, 0.05) is 28.4 Å². The molecule has 1 saturated heterocycles. The predicted molar refractivity (Wildman–Crippen MR) is 64.3 cm³/mol. The average Bonchev–Trinajstić information content (AvgIpc) is 2.36. The van der Waals surface area contributed by atoms with E-state index in [1.54, 1.807) is 42.3 Å². The molecule has 0 N–H and O–H groups in total. The molecule has 4 atom stereocenters. The highest BCUT2D eigenvalue weighted by molar-refractivity contribution is 4.91. The Morgan fingerprint density at radius 3 is 1.33 bits per heavy atom. The van der Waals surface area contributed by atoms with E-state index in [1.165, 1.54) is 0 Å². The first-order valence-electron chi connectivity index (χ1n) is 5.90. The number of methoxy groups -OCH3 is 4. The van der Waals surface area contributed by atoms with Crippen molar-refractivity contribution in [2.75, 3.05) is 41.7 Å². The Balaban J connectivity index is 2.92. The van der Waals surface area contributed by atoms with Gasteiger partial charge >= 0.3 is 0 Å². The molecular weight excluding hydrogens is 240 g/mol. The molecule has 0 spiro atoms. The summed E-state index contributed by atoms with van der Waals surface area (Å²) in [5.74, 6) is -2.01. The minimum Gasteiger partial charge on any atom is -0.382 e. The monoisotopic (exact) mass is 264 g/mol. The summed E-state index contributed by atoms with van der Waals surface area (Å²) in [5, 5.41) is 0. The van der Waals surface area contributed by atoms with Gasteiger partial charge in [0.1, 0.15) is 12.2 Å². The predicted octanol–water partition coefficient (Wildman–Crippen LogP) is 0.788. The maximum absolute atomic E-state index is 5.96. The third-order valence-corrected chi connectivity index (χ3v) is 3.43. The lowest BCUT2D eigenvalue weighted by molar-refractivity contribution is -0.451. The molecule has 1 rings (SSSR count). The topological polar surface area (TPSA) is 55.4 Å². The average molecular weight is 264 g/mol. The van der Waals surface area contributed by atoms with E-state index >= 15 is 0 Å². The summed E-state index contributed by atoms with van der Waals surface area (Å²) in [5.41, 5.74) is 0. The Morgan fingerprint density at radius 2 is 1.11 bits per heavy atom. The zero-order valence-electron chi connectivity index (χ0n) is 12.0. The van der Waals surface area contributed by atoms with Gasteiger partial charge in [0.25, 0.3) is 0 Å². The van der Waals surface area contributed by atoms with E-state index in [2.05, 4.69) is 0 Å². The number of hydrogen-bond acceptors (Lipinski definition) is 6. The molecule has 2 unspecified atom stereocenters. The van der Waals surface area contributed by atoms with Crippen LogP contribution in [0.5, 0.6) is 0 Å². The fourth-order valence-electron chi connectivity index (χ4n) is 2.02. The molecule has 1 heterocycles. The summed E-state index contributed by atoms with van der Waals surface area (Å²) in [6.45, 7) is 4.35. The van der Waals surface area contributed by atoms with Gasteiger partial charge in [0.05, 0.1) is 13.2 Å². The van der Waals surface area contributed by atoms with Gasteiger partial charge in [-0.25, -0.2) is 0 Å². The van der Waals surface area contributed by atoms with Crippen LogP contribution in [-0.4, -0.2) is 65.4 Å². The summed E-state index contributed by atoms with van der Waals surface area (Å²) in [6, 6.07) is 0. The molecule has 6 heteroatoms. The summed E-state index contributed by atoms with van der Waals surface area (Å²) >= 11 is 0. The van der Waals surface area contributed by atoms with Crippen LogP contribution in [0.1, 0.15) is 13.8 Å². The van der Waals surface area contributed by atoms with E-state index in [1.807, 2.05) is 0 Å². The second-order valence-electron chi connectivity index (χ2n) is 4.52. The second kappa shape index (κ2) is 6.27. The standard InChI is InChI=1S/C12H24O6/c1-11(15-5)12(2,16-6)18-10(8-14-4)9(17-11)7-13-3/h9-10H,7-8H2,1-6H3/t9-,10?,11+,12?/m0/s1. The van der Waals surface area contributed by atoms with Crippen LogP contribution in [0.15, 0.2) is 0 Å². The minimum atomic E-state index is -1.00. The normalized spacial score (nSPS) is 41.0. The zero-order chi connectivity index (χ0) is 13.8. The lowest BCUT2D eigenvalue weighted by Crippen LogP contribution is -2.66. The van der Waals surface area contributed by atoms with Crippen molar-refractivity contribution in [1.29, 1.82) is 0 Å². The lowest BCUT2D eigenvalue weighted by Gasteiger charge is -2.51. The molecule has 0 radical (unpaired) electrons. The van der Waals surface area contributed by atoms with Crippen molar-refractivity contribution in [1.82, 2.24) is 0 Å². The van der Waals surface area contributed by atoms with Gasteiger partial charge in [-0.3, -0.25) is 0 Å². The smallest absolute Gasteiger partial charge is 0.220 e. The third-order valence-electron chi connectivity index (χ3n) is 3.43. The Bertz CT molecular complexity index is 235. The molecule has 1 aliphatic heterocycles. The molecule has 0 saturated carbocycles. The lowest BCUT2D eigenvalue weighted by atomic mass is 10.0. The van der Waals surface area contributed by atoms with Crippen molar-refractivity contribution >= 4 is 0 Å². The first-order chi connectivity index (χ1) is 8.46. The number of ether oxygens (including phenoxy) is 6. The van der Waals surface area contributed by atoms with Crippen molar-refractivity contribution in [3.8, 4) is 0 Å². The molecule has 0 aromatic heterocycles. The van der Waals surface area contributed by atoms with Gasteiger partial charge in [-0.1, -0.05) is 0 Å². The molecule has 18 heavy (non-hydrogen) atoms. The van der Waals surface area contributed by atoms with Crippen LogP contribution in [-0.2, 0) is 28.4 Å². The van der Waals surface area contributed by atoms with Gasteiger partial charge in [-0.15, -0.1) is 0 Å². The SMILES string of the molecule is COCC1OC(C)(OC)[C@](C)(OC)O[C@H]1COC. The van der Waals surface area contributed by atoms with Crippen LogP contribution < -0.4 is 0 Å². The number of rotatable bonds is 6. The Morgan fingerprint density at radius 1 is 0.778 bits per heavy atom. The van der Waals surface area contributed by atoms with E-state index in [9.17, 15) is 0 Å². The zero-order valence-corrected chi connectivity index (χ0v) is 12.0. The van der Waals surface area contributed by atoms with Crippen LogP contribution >= 0.6 is 0 Å². The first kappa shape index (κ1) is 15.8. The maximum Gasteiger partial charge on any atom is 0.220 e. The summed E-state index contributed by atoms with van der Waals surface area (Å²) in [6.07, 6.45) is -0.550. The highest BCUT2D eigenvalue weighted by Gasteiger charge is 2.56. The van der Waals surface area contributed by atoms with Crippen molar-refractivity contribution in [2.24, 2.45) is 0 Å². The largest absolute Gasteiger partial charge is 0.382 e. The Labute approximate surface area is 108 Å². The van der Waals surface area contributed by atoms with Crippen LogP contribution in [0.25, 0.3) is 0 Å². The molecule has 108 valence electrons. The first-order valence-corrected chi connectivity index (χ1v) is 5.90. The van der Waals surface area contributed by atoms with Crippen molar-refractivity contribution in [2.45, 2.75) is 37.6 Å². The van der Waals surface area contributed by atoms with Crippen LogP contribution in [0.2, 0.25) is 0 Å². The fourth-order valence-corrected chi connectivity index (χ4v) is 2.02. The van der Waals surface area contributed by atoms with E-state index in [4.69, 9.17) is 28.4 Å². The molecule has 0 aliphatic carbocycles. The van der Waals surface area contributed by atoms with Crippen LogP contribution in [0.4, 0.5) is 0 Å². The molecular formula is C12H24O6. The molecule has 1 fully saturated rings. The molecule has 0 bridgehead atoms.